The minimum Gasteiger partial charge on any atom is -0.364 e. The van der Waals surface area contributed by atoms with Crippen molar-refractivity contribution in [2.75, 3.05) is 13.2 Å². The molecule has 2 heterocycles. The highest BCUT2D eigenvalue weighted by molar-refractivity contribution is 5.03. The molecule has 0 saturated carbocycles. The largest absolute Gasteiger partial charge is 0.364 e. The van der Waals surface area contributed by atoms with Gasteiger partial charge in [0.1, 0.15) is 11.4 Å². The molecule has 1 fully saturated rings. The number of nitrogens with zero attached hydrogens (tertiary/aromatic N) is 2. The monoisotopic (exact) mass is 196 g/mol. The predicted octanol–water partition coefficient (Wildman–Crippen LogP) is 0.337. The molecule has 0 aromatic carbocycles. The molecule has 0 spiro atoms. The first-order valence-electron chi connectivity index (χ1n) is 4.87. The Bertz CT molecular complexity index is 314. The molecule has 2 unspecified atom stereocenters. The second-order valence-corrected chi connectivity index (χ2v) is 4.07. The molecule has 0 bridgehead atoms. The first-order valence-corrected chi connectivity index (χ1v) is 4.87. The van der Waals surface area contributed by atoms with E-state index >= 15 is 0 Å². The highest BCUT2D eigenvalue weighted by Crippen LogP contribution is 2.24. The third kappa shape index (κ3) is 1.65. The summed E-state index contributed by atoms with van der Waals surface area (Å²) in [4.78, 5) is 4.30. The van der Waals surface area contributed by atoms with Gasteiger partial charge in [-0.1, -0.05) is 0 Å². The third-order valence-corrected chi connectivity index (χ3v) is 2.51. The second kappa shape index (κ2) is 3.33. The van der Waals surface area contributed by atoms with E-state index in [-0.39, 0.29) is 0 Å². The lowest BCUT2D eigenvalue weighted by atomic mass is 10.0. The number of aromatic nitrogens is 3. The Morgan fingerprint density at radius 3 is 2.86 bits per heavy atom. The summed E-state index contributed by atoms with van der Waals surface area (Å²) in [6, 6.07) is 0.406. The van der Waals surface area contributed by atoms with Crippen molar-refractivity contribution in [2.45, 2.75) is 32.4 Å². The number of aromatic amines is 1. The van der Waals surface area contributed by atoms with E-state index in [0.717, 1.165) is 18.2 Å². The maximum atomic E-state index is 5.77. The molecule has 1 aromatic rings. The van der Waals surface area contributed by atoms with Crippen LogP contribution in [0.3, 0.4) is 0 Å². The van der Waals surface area contributed by atoms with Gasteiger partial charge in [0.25, 0.3) is 0 Å². The Morgan fingerprint density at radius 2 is 2.36 bits per heavy atom. The summed E-state index contributed by atoms with van der Waals surface area (Å²) in [7, 11) is 0. The summed E-state index contributed by atoms with van der Waals surface area (Å²) in [5.41, 5.74) is -0.392. The molecule has 0 radical (unpaired) electrons. The van der Waals surface area contributed by atoms with Crippen molar-refractivity contribution in [1.29, 1.82) is 0 Å². The smallest absolute Gasteiger partial charge is 0.183 e. The van der Waals surface area contributed by atoms with Crippen LogP contribution < -0.4 is 5.32 Å². The van der Waals surface area contributed by atoms with Gasteiger partial charge in [0.05, 0.1) is 6.61 Å². The molecule has 1 aliphatic rings. The maximum Gasteiger partial charge on any atom is 0.183 e. The topological polar surface area (TPSA) is 62.8 Å². The van der Waals surface area contributed by atoms with Gasteiger partial charge >= 0.3 is 0 Å². The highest BCUT2D eigenvalue weighted by Gasteiger charge is 2.35. The molecular weight excluding hydrogens is 180 g/mol. The molecule has 2 N–H and O–H groups in total. The van der Waals surface area contributed by atoms with Gasteiger partial charge in [-0.3, -0.25) is 5.10 Å². The van der Waals surface area contributed by atoms with Gasteiger partial charge in [0, 0.05) is 12.6 Å². The predicted molar refractivity (Wildman–Crippen MR) is 51.9 cm³/mol. The molecule has 0 amide bonds. The summed E-state index contributed by atoms with van der Waals surface area (Å²) < 4.78 is 5.77. The van der Waals surface area contributed by atoms with E-state index < -0.39 is 5.60 Å². The van der Waals surface area contributed by atoms with E-state index in [4.69, 9.17) is 4.74 Å². The molecule has 1 aliphatic heterocycles. The molecule has 2 atom stereocenters. The minimum atomic E-state index is -0.392. The van der Waals surface area contributed by atoms with E-state index in [2.05, 4.69) is 27.4 Å². The standard InChI is InChI=1S/C9H16N4O/c1-6-4-14-9(3,5-10-6)8-11-7(2)12-13-8/h6,10H,4-5H2,1-3H3,(H,11,12,13). The Hall–Kier alpha value is -0.940. The summed E-state index contributed by atoms with van der Waals surface area (Å²) in [5, 5.41) is 10.3. The quantitative estimate of drug-likeness (QED) is 0.679. The van der Waals surface area contributed by atoms with Crippen LogP contribution in [0.5, 0.6) is 0 Å². The van der Waals surface area contributed by atoms with E-state index in [1.54, 1.807) is 0 Å². The molecule has 5 heteroatoms. The molecule has 0 aliphatic carbocycles. The molecule has 2 rings (SSSR count). The summed E-state index contributed by atoms with van der Waals surface area (Å²) >= 11 is 0. The normalized spacial score (nSPS) is 33.2. The van der Waals surface area contributed by atoms with Crippen molar-refractivity contribution < 1.29 is 4.74 Å². The SMILES string of the molecule is Cc1nc(C2(C)CNC(C)CO2)n[nH]1. The molecule has 78 valence electrons. The van der Waals surface area contributed by atoms with Crippen LogP contribution in [0.4, 0.5) is 0 Å². The van der Waals surface area contributed by atoms with Crippen LogP contribution in [0.1, 0.15) is 25.5 Å². The van der Waals surface area contributed by atoms with Crippen LogP contribution in [0.2, 0.25) is 0 Å². The van der Waals surface area contributed by atoms with Gasteiger partial charge < -0.3 is 10.1 Å². The van der Waals surface area contributed by atoms with Gasteiger partial charge in [0.15, 0.2) is 5.82 Å². The Kier molecular flexibility index (Phi) is 2.28. The Balaban J connectivity index is 2.16. The lowest BCUT2D eigenvalue weighted by Gasteiger charge is -2.35. The molecule has 14 heavy (non-hydrogen) atoms. The zero-order valence-corrected chi connectivity index (χ0v) is 8.79. The number of morpholine rings is 1. The van der Waals surface area contributed by atoms with Gasteiger partial charge in [-0.15, -0.1) is 0 Å². The summed E-state index contributed by atoms with van der Waals surface area (Å²) in [5.74, 6) is 1.55. The Labute approximate surface area is 83.3 Å². The fourth-order valence-corrected chi connectivity index (χ4v) is 1.51. The van der Waals surface area contributed by atoms with Crippen molar-refractivity contribution >= 4 is 0 Å². The third-order valence-electron chi connectivity index (χ3n) is 2.51. The average molecular weight is 196 g/mol. The van der Waals surface area contributed by atoms with Crippen molar-refractivity contribution in [3.63, 3.8) is 0 Å². The zero-order chi connectivity index (χ0) is 10.2. The van der Waals surface area contributed by atoms with Crippen molar-refractivity contribution in [2.24, 2.45) is 0 Å². The Morgan fingerprint density at radius 1 is 1.57 bits per heavy atom. The van der Waals surface area contributed by atoms with Crippen LogP contribution in [-0.4, -0.2) is 34.4 Å². The molecule has 5 nitrogen and oxygen atoms in total. The molecule has 1 saturated heterocycles. The first kappa shape index (κ1) is 9.61. The number of H-pyrrole nitrogens is 1. The fourth-order valence-electron chi connectivity index (χ4n) is 1.51. The number of rotatable bonds is 1. The van der Waals surface area contributed by atoms with Crippen molar-refractivity contribution in [3.8, 4) is 0 Å². The van der Waals surface area contributed by atoms with Crippen LogP contribution in [0.25, 0.3) is 0 Å². The summed E-state index contributed by atoms with van der Waals surface area (Å²) in [6.07, 6.45) is 0. The lowest BCUT2D eigenvalue weighted by Crippen LogP contribution is -2.50. The van der Waals surface area contributed by atoms with E-state index in [9.17, 15) is 0 Å². The lowest BCUT2D eigenvalue weighted by molar-refractivity contribution is -0.0782. The zero-order valence-electron chi connectivity index (χ0n) is 8.79. The van der Waals surface area contributed by atoms with Crippen LogP contribution in [0.15, 0.2) is 0 Å². The van der Waals surface area contributed by atoms with E-state index in [1.807, 2.05) is 13.8 Å². The summed E-state index contributed by atoms with van der Waals surface area (Å²) in [6.45, 7) is 7.45. The maximum absolute atomic E-state index is 5.77. The average Bonchev–Trinajstić information content (AvgIpc) is 2.58. The van der Waals surface area contributed by atoms with Crippen molar-refractivity contribution in [1.82, 2.24) is 20.5 Å². The van der Waals surface area contributed by atoms with Crippen LogP contribution in [0, 0.1) is 6.92 Å². The number of nitrogens with one attached hydrogen (secondary N) is 2. The van der Waals surface area contributed by atoms with Gasteiger partial charge in [-0.25, -0.2) is 4.98 Å². The van der Waals surface area contributed by atoms with Crippen LogP contribution in [-0.2, 0) is 10.3 Å². The van der Waals surface area contributed by atoms with Gasteiger partial charge in [-0.2, -0.15) is 5.10 Å². The highest BCUT2D eigenvalue weighted by atomic mass is 16.5. The van der Waals surface area contributed by atoms with Gasteiger partial charge in [-0.05, 0) is 20.8 Å². The van der Waals surface area contributed by atoms with Gasteiger partial charge in [0.2, 0.25) is 0 Å². The molecule has 1 aromatic heterocycles. The molecular formula is C9H16N4O. The van der Waals surface area contributed by atoms with Crippen LogP contribution >= 0.6 is 0 Å². The number of aryl methyl sites for hydroxylation is 1. The van der Waals surface area contributed by atoms with E-state index in [0.29, 0.717) is 12.6 Å². The van der Waals surface area contributed by atoms with Crippen molar-refractivity contribution in [3.05, 3.63) is 11.6 Å². The first-order chi connectivity index (χ1) is 6.60. The number of hydrogen-bond donors (Lipinski definition) is 2. The minimum absolute atomic E-state index is 0.392. The number of ether oxygens (including phenoxy) is 1. The van der Waals surface area contributed by atoms with E-state index in [1.165, 1.54) is 0 Å². The second-order valence-electron chi connectivity index (χ2n) is 4.07. The number of hydrogen-bond acceptors (Lipinski definition) is 4. The fraction of sp³-hybridized carbons (Fsp3) is 0.778.